The lowest BCUT2D eigenvalue weighted by Crippen LogP contribution is -2.53. The van der Waals surface area contributed by atoms with Gasteiger partial charge in [0.15, 0.2) is 0 Å². The summed E-state index contributed by atoms with van der Waals surface area (Å²) in [4.78, 5) is 28.2. The van der Waals surface area contributed by atoms with Crippen molar-refractivity contribution in [1.29, 1.82) is 0 Å². The van der Waals surface area contributed by atoms with E-state index in [1.807, 2.05) is 19.1 Å². The van der Waals surface area contributed by atoms with E-state index >= 15 is 0 Å². The van der Waals surface area contributed by atoms with Gasteiger partial charge >= 0.3 is 6.18 Å². The molecule has 220 valence electrons. The molecule has 0 aliphatic rings. The first-order valence-corrected chi connectivity index (χ1v) is 14.6. The normalized spacial score (nSPS) is 12.6. The number of sulfonamides is 1. The molecule has 0 bridgehead atoms. The molecular weight excluding hydrogens is 555 g/mol. The standard InChI is InChI=1S/C30H34F3N3O4S/c1-5-27(29(38)34-21(2)3)35(19-23-16-14-22(4)15-17-23)28(37)20-36(41(39,40)26-12-7-6-8-13-26)25-11-9-10-24(18-25)30(31,32)33/h6-18,21,27H,5,19-20H2,1-4H3,(H,34,38). The number of aryl methyl sites for hydroxylation is 1. The topological polar surface area (TPSA) is 86.8 Å². The quantitative estimate of drug-likeness (QED) is 0.318. The lowest BCUT2D eigenvalue weighted by atomic mass is 10.1. The average Bonchev–Trinajstić information content (AvgIpc) is 2.92. The van der Waals surface area contributed by atoms with Crippen LogP contribution in [0, 0.1) is 6.92 Å². The van der Waals surface area contributed by atoms with Crippen molar-refractivity contribution < 1.29 is 31.2 Å². The number of carbonyl (C=O) groups excluding carboxylic acids is 2. The lowest BCUT2D eigenvalue weighted by Gasteiger charge is -2.33. The Labute approximate surface area is 239 Å². The van der Waals surface area contributed by atoms with E-state index in [1.165, 1.54) is 35.2 Å². The fourth-order valence-electron chi connectivity index (χ4n) is 4.28. The highest BCUT2D eigenvalue weighted by molar-refractivity contribution is 7.92. The van der Waals surface area contributed by atoms with E-state index in [0.717, 1.165) is 17.7 Å². The second-order valence-electron chi connectivity index (χ2n) is 9.97. The summed E-state index contributed by atoms with van der Waals surface area (Å²) in [5, 5.41) is 2.80. The van der Waals surface area contributed by atoms with Crippen molar-refractivity contribution in [2.24, 2.45) is 0 Å². The van der Waals surface area contributed by atoms with Gasteiger partial charge in [-0.1, -0.05) is 61.0 Å². The van der Waals surface area contributed by atoms with Crippen molar-refractivity contribution in [3.63, 3.8) is 0 Å². The maximum Gasteiger partial charge on any atom is 0.416 e. The number of alkyl halides is 3. The van der Waals surface area contributed by atoms with E-state index in [4.69, 9.17) is 0 Å². The van der Waals surface area contributed by atoms with Crippen LogP contribution in [-0.4, -0.2) is 43.8 Å². The van der Waals surface area contributed by atoms with E-state index in [9.17, 15) is 31.2 Å². The summed E-state index contributed by atoms with van der Waals surface area (Å²) >= 11 is 0. The molecule has 0 saturated heterocycles. The van der Waals surface area contributed by atoms with Gasteiger partial charge in [-0.25, -0.2) is 8.42 Å². The largest absolute Gasteiger partial charge is 0.416 e. The molecule has 2 amide bonds. The third kappa shape index (κ3) is 8.09. The Bertz CT molecular complexity index is 1440. The van der Waals surface area contributed by atoms with E-state index in [-0.39, 0.29) is 29.6 Å². The third-order valence-corrected chi connectivity index (χ3v) is 8.15. The second-order valence-corrected chi connectivity index (χ2v) is 11.8. The average molecular weight is 590 g/mol. The Balaban J connectivity index is 2.10. The van der Waals surface area contributed by atoms with Crippen LogP contribution in [0.4, 0.5) is 18.9 Å². The molecule has 41 heavy (non-hydrogen) atoms. The summed E-state index contributed by atoms with van der Waals surface area (Å²) in [5.74, 6) is -1.16. The molecule has 3 rings (SSSR count). The summed E-state index contributed by atoms with van der Waals surface area (Å²) in [6, 6.07) is 17.1. The van der Waals surface area contributed by atoms with Crippen LogP contribution in [0.15, 0.2) is 83.8 Å². The van der Waals surface area contributed by atoms with Crippen molar-refractivity contribution in [3.05, 3.63) is 95.6 Å². The molecule has 0 heterocycles. The molecule has 1 N–H and O–H groups in total. The molecule has 0 spiro atoms. The van der Waals surface area contributed by atoms with Gasteiger partial charge < -0.3 is 10.2 Å². The first kappa shape index (κ1) is 31.7. The Kier molecular flexibility index (Phi) is 10.2. The summed E-state index contributed by atoms with van der Waals surface area (Å²) in [7, 11) is -4.48. The Morgan fingerprint density at radius 1 is 0.927 bits per heavy atom. The van der Waals surface area contributed by atoms with Gasteiger partial charge in [0.2, 0.25) is 11.8 Å². The van der Waals surface area contributed by atoms with Crippen LogP contribution in [0.2, 0.25) is 0 Å². The van der Waals surface area contributed by atoms with Crippen molar-refractivity contribution in [1.82, 2.24) is 10.2 Å². The predicted molar refractivity (Wildman–Crippen MR) is 152 cm³/mol. The number of anilines is 1. The van der Waals surface area contributed by atoms with Gasteiger partial charge in [-0.2, -0.15) is 13.2 Å². The van der Waals surface area contributed by atoms with Crippen LogP contribution in [-0.2, 0) is 32.3 Å². The molecule has 1 atom stereocenters. The first-order valence-electron chi connectivity index (χ1n) is 13.1. The van der Waals surface area contributed by atoms with E-state index in [0.29, 0.717) is 15.9 Å². The summed E-state index contributed by atoms with van der Waals surface area (Å²) in [6.45, 7) is 6.35. The molecule has 0 fully saturated rings. The van der Waals surface area contributed by atoms with Crippen LogP contribution in [0.3, 0.4) is 0 Å². The molecule has 0 aliphatic carbocycles. The number of amides is 2. The summed E-state index contributed by atoms with van der Waals surface area (Å²) in [5.41, 5.74) is 0.305. The fourth-order valence-corrected chi connectivity index (χ4v) is 5.70. The van der Waals surface area contributed by atoms with Crippen molar-refractivity contribution in [2.75, 3.05) is 10.8 Å². The highest BCUT2D eigenvalue weighted by Gasteiger charge is 2.36. The third-order valence-electron chi connectivity index (χ3n) is 6.36. The van der Waals surface area contributed by atoms with Crippen LogP contribution in [0.1, 0.15) is 43.9 Å². The highest BCUT2D eigenvalue weighted by Crippen LogP contribution is 2.33. The van der Waals surface area contributed by atoms with Crippen molar-refractivity contribution in [2.45, 2.75) is 63.8 Å². The SMILES string of the molecule is CCC(C(=O)NC(C)C)N(Cc1ccc(C)cc1)C(=O)CN(c1cccc(C(F)(F)F)c1)S(=O)(=O)c1ccccc1. The minimum atomic E-state index is -4.73. The number of nitrogens with zero attached hydrogens (tertiary/aromatic N) is 2. The van der Waals surface area contributed by atoms with E-state index < -0.39 is 46.2 Å². The van der Waals surface area contributed by atoms with Gasteiger partial charge in [-0.15, -0.1) is 0 Å². The van der Waals surface area contributed by atoms with Gasteiger partial charge in [0, 0.05) is 12.6 Å². The monoisotopic (exact) mass is 589 g/mol. The maximum atomic E-state index is 14.0. The molecular formula is C30H34F3N3O4S. The molecule has 0 aromatic heterocycles. The number of nitrogens with one attached hydrogen (secondary N) is 1. The Hall–Kier alpha value is -3.86. The minimum absolute atomic E-state index is 0.00898. The second kappa shape index (κ2) is 13.2. The fraction of sp³-hybridized carbons (Fsp3) is 0.333. The van der Waals surface area contributed by atoms with Crippen LogP contribution in [0.5, 0.6) is 0 Å². The van der Waals surface area contributed by atoms with Crippen molar-refractivity contribution in [3.8, 4) is 0 Å². The summed E-state index contributed by atoms with van der Waals surface area (Å²) in [6.07, 6.45) is -4.51. The van der Waals surface area contributed by atoms with E-state index in [1.54, 1.807) is 39.0 Å². The lowest BCUT2D eigenvalue weighted by molar-refractivity contribution is -0.140. The molecule has 0 saturated carbocycles. The van der Waals surface area contributed by atoms with Gasteiger partial charge in [0.1, 0.15) is 12.6 Å². The van der Waals surface area contributed by atoms with Crippen LogP contribution >= 0.6 is 0 Å². The zero-order valence-electron chi connectivity index (χ0n) is 23.4. The molecule has 7 nitrogen and oxygen atoms in total. The molecule has 1 unspecified atom stereocenters. The molecule has 11 heteroatoms. The first-order chi connectivity index (χ1) is 19.2. The van der Waals surface area contributed by atoms with Gasteiger partial charge in [0.05, 0.1) is 16.1 Å². The minimum Gasteiger partial charge on any atom is -0.352 e. The summed E-state index contributed by atoms with van der Waals surface area (Å²) < 4.78 is 68.9. The molecule has 3 aromatic carbocycles. The predicted octanol–water partition coefficient (Wildman–Crippen LogP) is 5.54. The number of carbonyl (C=O) groups is 2. The van der Waals surface area contributed by atoms with E-state index in [2.05, 4.69) is 5.32 Å². The number of benzene rings is 3. The van der Waals surface area contributed by atoms with Gasteiger partial charge in [0.25, 0.3) is 10.0 Å². The smallest absolute Gasteiger partial charge is 0.352 e. The molecule has 0 radical (unpaired) electrons. The maximum absolute atomic E-state index is 14.0. The molecule has 3 aromatic rings. The van der Waals surface area contributed by atoms with Gasteiger partial charge in [-0.05, 0) is 63.1 Å². The zero-order valence-corrected chi connectivity index (χ0v) is 24.2. The Morgan fingerprint density at radius 2 is 1.56 bits per heavy atom. The number of hydrogen-bond donors (Lipinski definition) is 1. The molecule has 0 aliphatic heterocycles. The number of rotatable bonds is 11. The van der Waals surface area contributed by atoms with Crippen molar-refractivity contribution >= 4 is 27.5 Å². The van der Waals surface area contributed by atoms with Crippen LogP contribution < -0.4 is 9.62 Å². The van der Waals surface area contributed by atoms with Gasteiger partial charge in [-0.3, -0.25) is 13.9 Å². The van der Waals surface area contributed by atoms with Crippen LogP contribution in [0.25, 0.3) is 0 Å². The highest BCUT2D eigenvalue weighted by atomic mass is 32.2. The zero-order chi connectivity index (χ0) is 30.4. The Morgan fingerprint density at radius 3 is 2.12 bits per heavy atom. The number of halogens is 3. The number of hydrogen-bond acceptors (Lipinski definition) is 4.